The topological polar surface area (TPSA) is 83.1 Å². The quantitative estimate of drug-likeness (QED) is 0.549. The SMILES string of the molecule is CN(C1=NC(=O)/C(=C\c2ccc(-c3cccc(Cl)c3)o2)S1)c1ccccc1C(=O)O. The number of benzene rings is 2. The third-order valence-corrected chi connectivity index (χ3v) is 5.70. The molecule has 0 spiro atoms. The first-order valence-corrected chi connectivity index (χ1v) is 10.1. The van der Waals surface area contributed by atoms with Crippen molar-refractivity contribution < 1.29 is 19.1 Å². The predicted molar refractivity (Wildman–Crippen MR) is 119 cm³/mol. The molecule has 0 atom stereocenters. The zero-order chi connectivity index (χ0) is 21.3. The Balaban J connectivity index is 1.56. The number of para-hydroxylation sites is 1. The Morgan fingerprint density at radius 1 is 1.17 bits per heavy atom. The molecule has 0 unspecified atom stereocenters. The lowest BCUT2D eigenvalue weighted by molar-refractivity contribution is -0.113. The largest absolute Gasteiger partial charge is 0.478 e. The van der Waals surface area contributed by atoms with E-state index in [1.165, 1.54) is 6.07 Å². The second-order valence-corrected chi connectivity index (χ2v) is 7.85. The molecule has 150 valence electrons. The molecular formula is C22H15ClN2O4S. The van der Waals surface area contributed by atoms with Gasteiger partial charge in [-0.2, -0.15) is 4.99 Å². The van der Waals surface area contributed by atoms with Crippen LogP contribution in [0.3, 0.4) is 0 Å². The first-order valence-electron chi connectivity index (χ1n) is 8.87. The Hall–Kier alpha value is -3.29. The molecule has 1 aromatic heterocycles. The lowest BCUT2D eigenvalue weighted by Gasteiger charge is -2.19. The summed E-state index contributed by atoms with van der Waals surface area (Å²) in [7, 11) is 1.67. The number of carbonyl (C=O) groups is 2. The first kappa shape index (κ1) is 20.0. The van der Waals surface area contributed by atoms with Crippen LogP contribution in [0.1, 0.15) is 16.1 Å². The Morgan fingerprint density at radius 2 is 1.97 bits per heavy atom. The van der Waals surface area contributed by atoms with Gasteiger partial charge in [0.25, 0.3) is 5.91 Å². The molecule has 0 saturated heterocycles. The number of anilines is 1. The third kappa shape index (κ3) is 4.03. The Morgan fingerprint density at radius 3 is 2.73 bits per heavy atom. The Bertz CT molecular complexity index is 1220. The van der Waals surface area contributed by atoms with Crippen LogP contribution in [0.15, 0.2) is 75.0 Å². The summed E-state index contributed by atoms with van der Waals surface area (Å²) in [4.78, 5) is 29.9. The van der Waals surface area contributed by atoms with Gasteiger partial charge in [0.05, 0.1) is 16.2 Å². The van der Waals surface area contributed by atoms with Crippen molar-refractivity contribution in [3.05, 3.63) is 81.9 Å². The van der Waals surface area contributed by atoms with Crippen molar-refractivity contribution in [2.45, 2.75) is 0 Å². The van der Waals surface area contributed by atoms with Gasteiger partial charge in [0.15, 0.2) is 5.17 Å². The van der Waals surface area contributed by atoms with Crippen molar-refractivity contribution in [3.8, 4) is 11.3 Å². The third-order valence-electron chi connectivity index (χ3n) is 4.40. The minimum Gasteiger partial charge on any atom is -0.478 e. The maximum atomic E-state index is 12.4. The summed E-state index contributed by atoms with van der Waals surface area (Å²) in [5.74, 6) is -0.318. The molecule has 3 aromatic rings. The van der Waals surface area contributed by atoms with Gasteiger partial charge in [-0.25, -0.2) is 4.79 Å². The first-order chi connectivity index (χ1) is 14.4. The van der Waals surface area contributed by atoms with Gasteiger partial charge in [-0.3, -0.25) is 4.79 Å². The average Bonchev–Trinajstić information content (AvgIpc) is 3.35. The molecule has 0 aliphatic carbocycles. The molecule has 1 N–H and O–H groups in total. The molecule has 0 fully saturated rings. The normalized spacial score (nSPS) is 14.8. The summed E-state index contributed by atoms with van der Waals surface area (Å²) in [6.45, 7) is 0. The van der Waals surface area contributed by atoms with Gasteiger partial charge in [0, 0.05) is 23.7 Å². The number of hydrogen-bond donors (Lipinski definition) is 1. The van der Waals surface area contributed by atoms with Crippen LogP contribution in [0.25, 0.3) is 17.4 Å². The fraction of sp³-hybridized carbons (Fsp3) is 0.0455. The van der Waals surface area contributed by atoms with Gasteiger partial charge in [-0.05, 0) is 48.2 Å². The highest BCUT2D eigenvalue weighted by molar-refractivity contribution is 8.18. The van der Waals surface area contributed by atoms with Gasteiger partial charge in [-0.1, -0.05) is 35.9 Å². The highest BCUT2D eigenvalue weighted by atomic mass is 35.5. The zero-order valence-electron chi connectivity index (χ0n) is 15.7. The van der Waals surface area contributed by atoms with E-state index in [0.29, 0.717) is 32.3 Å². The van der Waals surface area contributed by atoms with Crippen LogP contribution < -0.4 is 4.90 Å². The van der Waals surface area contributed by atoms with Gasteiger partial charge in [0.2, 0.25) is 0 Å². The molecule has 1 amide bonds. The monoisotopic (exact) mass is 438 g/mol. The number of furan rings is 1. The van der Waals surface area contributed by atoms with Crippen LogP contribution in [0.2, 0.25) is 5.02 Å². The van der Waals surface area contributed by atoms with E-state index in [1.54, 1.807) is 60.5 Å². The number of carboxylic acids is 1. The lowest BCUT2D eigenvalue weighted by atomic mass is 10.1. The van der Waals surface area contributed by atoms with Crippen LogP contribution in [-0.2, 0) is 4.79 Å². The van der Waals surface area contributed by atoms with Crippen molar-refractivity contribution in [3.63, 3.8) is 0 Å². The number of carboxylic acid groups (broad SMARTS) is 1. The highest BCUT2D eigenvalue weighted by Crippen LogP contribution is 2.34. The van der Waals surface area contributed by atoms with E-state index in [2.05, 4.69) is 4.99 Å². The fourth-order valence-corrected chi connectivity index (χ4v) is 4.01. The molecule has 0 saturated carbocycles. The van der Waals surface area contributed by atoms with E-state index < -0.39 is 11.9 Å². The standard InChI is InChI=1S/C22H15ClN2O4S/c1-25(17-8-3-2-7-16(17)21(27)28)22-24-20(26)19(30-22)12-15-9-10-18(29-15)13-5-4-6-14(23)11-13/h2-12H,1H3,(H,27,28)/b19-12+. The summed E-state index contributed by atoms with van der Waals surface area (Å²) in [5.41, 5.74) is 1.41. The second-order valence-electron chi connectivity index (χ2n) is 6.40. The molecule has 0 radical (unpaired) electrons. The Labute approximate surface area is 181 Å². The number of thioether (sulfide) groups is 1. The highest BCUT2D eigenvalue weighted by Gasteiger charge is 2.27. The van der Waals surface area contributed by atoms with Crippen molar-refractivity contribution in [2.24, 2.45) is 4.99 Å². The number of rotatable bonds is 4. The van der Waals surface area contributed by atoms with Crippen LogP contribution in [-0.4, -0.2) is 29.2 Å². The molecule has 0 bridgehead atoms. The number of hydrogen-bond acceptors (Lipinski definition) is 5. The van der Waals surface area contributed by atoms with Gasteiger partial charge in [0.1, 0.15) is 11.5 Å². The van der Waals surface area contributed by atoms with E-state index in [9.17, 15) is 14.7 Å². The number of halogens is 1. The molecule has 2 aromatic carbocycles. The second kappa shape index (κ2) is 8.22. The number of carbonyl (C=O) groups excluding carboxylic acids is 1. The number of aliphatic imine (C=N–C) groups is 1. The summed E-state index contributed by atoms with van der Waals surface area (Å²) in [6, 6.07) is 17.4. The fourth-order valence-electron chi connectivity index (χ4n) is 2.95. The van der Waals surface area contributed by atoms with Crippen LogP contribution in [0, 0.1) is 0 Å². The van der Waals surface area contributed by atoms with Gasteiger partial charge < -0.3 is 14.4 Å². The van der Waals surface area contributed by atoms with Gasteiger partial charge in [-0.15, -0.1) is 0 Å². The van der Waals surface area contributed by atoms with Crippen molar-refractivity contribution in [1.29, 1.82) is 0 Å². The van der Waals surface area contributed by atoms with E-state index in [0.717, 1.165) is 17.3 Å². The summed E-state index contributed by atoms with van der Waals surface area (Å²) in [6.07, 6.45) is 1.62. The number of amidine groups is 1. The van der Waals surface area contributed by atoms with Gasteiger partial charge >= 0.3 is 5.97 Å². The van der Waals surface area contributed by atoms with Crippen LogP contribution in [0.5, 0.6) is 0 Å². The number of nitrogens with zero attached hydrogens (tertiary/aromatic N) is 2. The molecular weight excluding hydrogens is 424 g/mol. The molecule has 4 rings (SSSR count). The molecule has 1 aliphatic rings. The lowest BCUT2D eigenvalue weighted by Crippen LogP contribution is -2.24. The predicted octanol–water partition coefficient (Wildman–Crippen LogP) is 5.40. The number of amides is 1. The molecule has 6 nitrogen and oxygen atoms in total. The molecule has 30 heavy (non-hydrogen) atoms. The zero-order valence-corrected chi connectivity index (χ0v) is 17.3. The maximum absolute atomic E-state index is 12.4. The summed E-state index contributed by atoms with van der Waals surface area (Å²) in [5, 5.41) is 10.4. The smallest absolute Gasteiger partial charge is 0.337 e. The van der Waals surface area contributed by atoms with E-state index in [4.69, 9.17) is 16.0 Å². The van der Waals surface area contributed by atoms with E-state index in [1.807, 2.05) is 12.1 Å². The molecule has 1 aliphatic heterocycles. The van der Waals surface area contributed by atoms with E-state index >= 15 is 0 Å². The molecule has 2 heterocycles. The van der Waals surface area contributed by atoms with Crippen molar-refractivity contribution in [2.75, 3.05) is 11.9 Å². The van der Waals surface area contributed by atoms with E-state index in [-0.39, 0.29) is 5.56 Å². The number of aromatic carboxylic acids is 1. The summed E-state index contributed by atoms with van der Waals surface area (Å²) < 4.78 is 5.82. The minimum absolute atomic E-state index is 0.130. The minimum atomic E-state index is -1.05. The van der Waals surface area contributed by atoms with Crippen LogP contribution >= 0.6 is 23.4 Å². The van der Waals surface area contributed by atoms with Crippen molar-refractivity contribution in [1.82, 2.24) is 0 Å². The molecule has 8 heteroatoms. The average molecular weight is 439 g/mol. The Kier molecular flexibility index (Phi) is 5.48. The summed E-state index contributed by atoms with van der Waals surface area (Å²) >= 11 is 7.18. The maximum Gasteiger partial charge on any atom is 0.337 e. The van der Waals surface area contributed by atoms with Crippen molar-refractivity contribution >= 4 is 52.2 Å². The van der Waals surface area contributed by atoms with Crippen LogP contribution in [0.4, 0.5) is 5.69 Å².